The van der Waals surface area contributed by atoms with Crippen LogP contribution in [0.5, 0.6) is 5.75 Å². The van der Waals surface area contributed by atoms with E-state index in [-0.39, 0.29) is 11.5 Å². The van der Waals surface area contributed by atoms with E-state index in [1.54, 1.807) is 0 Å². The van der Waals surface area contributed by atoms with Crippen molar-refractivity contribution < 1.29 is 22.7 Å². The smallest absolute Gasteiger partial charge is 0.406 e. The summed E-state index contributed by atoms with van der Waals surface area (Å²) >= 11 is 0. The Kier molecular flexibility index (Phi) is 3.78. The van der Waals surface area contributed by atoms with E-state index in [1.807, 2.05) is 0 Å². The van der Waals surface area contributed by atoms with E-state index in [1.165, 1.54) is 30.3 Å². The zero-order chi connectivity index (χ0) is 13.9. The Labute approximate surface area is 108 Å². The number of alkyl halides is 3. The molecule has 6 heteroatoms. The van der Waals surface area contributed by atoms with Crippen LogP contribution in [0.4, 0.5) is 18.9 Å². The first-order valence-corrected chi connectivity index (χ1v) is 5.79. The maximum atomic E-state index is 12.0. The predicted octanol–water partition coefficient (Wildman–Crippen LogP) is 3.63. The van der Waals surface area contributed by atoms with Crippen molar-refractivity contribution in [3.05, 3.63) is 36.0 Å². The van der Waals surface area contributed by atoms with Crippen molar-refractivity contribution in [3.63, 3.8) is 0 Å². The number of ether oxygens (including phenoxy) is 1. The average Bonchev–Trinajstić information content (AvgIpc) is 2.30. The lowest BCUT2D eigenvalue weighted by atomic mass is 10.0. The molecule has 19 heavy (non-hydrogen) atoms. The number of rotatable bonds is 3. The van der Waals surface area contributed by atoms with E-state index >= 15 is 0 Å². The number of hydrogen-bond acceptors (Lipinski definition) is 3. The topological polar surface area (TPSA) is 38.3 Å². The van der Waals surface area contributed by atoms with Gasteiger partial charge in [0, 0.05) is 23.9 Å². The van der Waals surface area contributed by atoms with Crippen molar-refractivity contribution in [2.75, 3.05) is 5.32 Å². The van der Waals surface area contributed by atoms with Crippen molar-refractivity contribution >= 4 is 11.5 Å². The van der Waals surface area contributed by atoms with Crippen LogP contribution in [0.3, 0.4) is 0 Å². The summed E-state index contributed by atoms with van der Waals surface area (Å²) in [6.07, 6.45) is -1.07. The summed E-state index contributed by atoms with van der Waals surface area (Å²) in [4.78, 5) is 11.2. The van der Waals surface area contributed by atoms with Crippen LogP contribution in [0.15, 0.2) is 36.0 Å². The van der Waals surface area contributed by atoms with Crippen molar-refractivity contribution in [2.45, 2.75) is 25.6 Å². The van der Waals surface area contributed by atoms with Gasteiger partial charge >= 0.3 is 6.36 Å². The number of benzene rings is 1. The maximum absolute atomic E-state index is 12.0. The highest BCUT2D eigenvalue weighted by Gasteiger charge is 2.30. The Morgan fingerprint density at radius 1 is 1.11 bits per heavy atom. The number of ketones is 1. The maximum Gasteiger partial charge on any atom is 0.573 e. The molecule has 2 rings (SSSR count). The third kappa shape index (κ3) is 4.31. The van der Waals surface area contributed by atoms with Gasteiger partial charge in [-0.25, -0.2) is 0 Å². The minimum absolute atomic E-state index is 0.0609. The molecule has 1 aliphatic rings. The van der Waals surface area contributed by atoms with Crippen LogP contribution in [0.2, 0.25) is 0 Å². The predicted molar refractivity (Wildman–Crippen MR) is 63.7 cm³/mol. The van der Waals surface area contributed by atoms with Crippen LogP contribution in [-0.4, -0.2) is 12.1 Å². The fourth-order valence-corrected chi connectivity index (χ4v) is 1.82. The Balaban J connectivity index is 2.01. The van der Waals surface area contributed by atoms with Gasteiger partial charge in [0.1, 0.15) is 5.75 Å². The van der Waals surface area contributed by atoms with Gasteiger partial charge in [0.15, 0.2) is 5.78 Å². The summed E-state index contributed by atoms with van der Waals surface area (Å²) in [6, 6.07) is 5.39. The lowest BCUT2D eigenvalue weighted by Crippen LogP contribution is -2.17. The number of anilines is 1. The van der Waals surface area contributed by atoms with E-state index in [0.717, 1.165) is 18.5 Å². The highest BCUT2D eigenvalue weighted by molar-refractivity contribution is 5.91. The lowest BCUT2D eigenvalue weighted by molar-refractivity contribution is -0.274. The quantitative estimate of drug-likeness (QED) is 0.912. The zero-order valence-corrected chi connectivity index (χ0v) is 9.96. The number of carbonyl (C=O) groups is 1. The van der Waals surface area contributed by atoms with Crippen molar-refractivity contribution in [3.8, 4) is 5.75 Å². The Hall–Kier alpha value is -1.98. The van der Waals surface area contributed by atoms with E-state index in [4.69, 9.17) is 0 Å². The van der Waals surface area contributed by atoms with E-state index in [9.17, 15) is 18.0 Å². The molecule has 0 atom stereocenters. The van der Waals surface area contributed by atoms with E-state index < -0.39 is 6.36 Å². The summed E-state index contributed by atoms with van der Waals surface area (Å²) in [7, 11) is 0. The molecule has 0 bridgehead atoms. The molecule has 0 unspecified atom stereocenters. The highest BCUT2D eigenvalue weighted by atomic mass is 19.4. The van der Waals surface area contributed by atoms with Crippen LogP contribution >= 0.6 is 0 Å². The van der Waals surface area contributed by atoms with Crippen LogP contribution in [0, 0.1) is 0 Å². The Morgan fingerprint density at radius 2 is 1.79 bits per heavy atom. The minimum Gasteiger partial charge on any atom is -0.406 e. The Bertz CT molecular complexity index is 492. The molecule has 1 aromatic carbocycles. The Morgan fingerprint density at radius 3 is 2.37 bits per heavy atom. The first-order valence-electron chi connectivity index (χ1n) is 5.79. The second kappa shape index (κ2) is 5.34. The van der Waals surface area contributed by atoms with Gasteiger partial charge < -0.3 is 10.1 Å². The largest absolute Gasteiger partial charge is 0.573 e. The monoisotopic (exact) mass is 271 g/mol. The first kappa shape index (κ1) is 13.5. The molecule has 1 N–H and O–H groups in total. The van der Waals surface area contributed by atoms with Crippen molar-refractivity contribution in [1.82, 2.24) is 0 Å². The van der Waals surface area contributed by atoms with Gasteiger partial charge in [0.05, 0.1) is 0 Å². The number of carbonyl (C=O) groups excluding carboxylic acids is 1. The molecule has 0 spiro atoms. The van der Waals surface area contributed by atoms with Crippen LogP contribution in [-0.2, 0) is 4.79 Å². The van der Waals surface area contributed by atoms with Gasteiger partial charge in [-0.15, -0.1) is 13.2 Å². The SMILES string of the molecule is O=C1C=C(Nc2ccc(OC(F)(F)F)cc2)CCC1. The van der Waals surface area contributed by atoms with Crippen LogP contribution in [0.1, 0.15) is 19.3 Å². The second-order valence-electron chi connectivity index (χ2n) is 4.19. The fraction of sp³-hybridized carbons (Fsp3) is 0.308. The van der Waals surface area contributed by atoms with Crippen LogP contribution < -0.4 is 10.1 Å². The molecule has 1 aromatic rings. The number of allylic oxidation sites excluding steroid dienone is 2. The van der Waals surface area contributed by atoms with Gasteiger partial charge in [-0.1, -0.05) is 0 Å². The molecule has 0 radical (unpaired) electrons. The van der Waals surface area contributed by atoms with Crippen LogP contribution in [0.25, 0.3) is 0 Å². The third-order valence-corrected chi connectivity index (χ3v) is 2.60. The molecule has 102 valence electrons. The standard InChI is InChI=1S/C13H12F3NO2/c14-13(15,16)19-12-6-4-9(5-7-12)17-10-2-1-3-11(18)8-10/h4-8,17H,1-3H2. The minimum atomic E-state index is -4.69. The number of hydrogen-bond donors (Lipinski definition) is 1. The van der Waals surface area contributed by atoms with Gasteiger partial charge in [0.25, 0.3) is 0 Å². The molecule has 0 amide bonds. The summed E-state index contributed by atoms with van der Waals surface area (Å²) < 4.78 is 39.7. The molecule has 1 aliphatic carbocycles. The molecule has 0 fully saturated rings. The van der Waals surface area contributed by atoms with E-state index in [2.05, 4.69) is 10.1 Å². The molecule has 3 nitrogen and oxygen atoms in total. The summed E-state index contributed by atoms with van der Waals surface area (Å²) in [6.45, 7) is 0. The summed E-state index contributed by atoms with van der Waals surface area (Å²) in [5.41, 5.74) is 1.40. The van der Waals surface area contributed by atoms with Crippen molar-refractivity contribution in [2.24, 2.45) is 0 Å². The van der Waals surface area contributed by atoms with E-state index in [0.29, 0.717) is 12.1 Å². The summed E-state index contributed by atoms with van der Waals surface area (Å²) in [5.74, 6) is -0.211. The molecule has 0 heterocycles. The molecule has 0 saturated heterocycles. The normalized spacial score (nSPS) is 15.9. The van der Waals surface area contributed by atoms with Gasteiger partial charge in [-0.2, -0.15) is 0 Å². The molecular formula is C13H12F3NO2. The zero-order valence-electron chi connectivity index (χ0n) is 9.96. The molecule has 0 aromatic heterocycles. The lowest BCUT2D eigenvalue weighted by Gasteiger charge is -2.15. The molecule has 0 aliphatic heterocycles. The highest BCUT2D eigenvalue weighted by Crippen LogP contribution is 2.25. The number of nitrogens with one attached hydrogen (secondary N) is 1. The third-order valence-electron chi connectivity index (χ3n) is 2.60. The summed E-state index contributed by atoms with van der Waals surface area (Å²) in [5, 5.41) is 3.00. The first-order chi connectivity index (χ1) is 8.92. The van der Waals surface area contributed by atoms with Crippen molar-refractivity contribution in [1.29, 1.82) is 0 Å². The second-order valence-corrected chi connectivity index (χ2v) is 4.19. The number of halogens is 3. The average molecular weight is 271 g/mol. The van der Waals surface area contributed by atoms with Gasteiger partial charge in [-0.3, -0.25) is 4.79 Å². The van der Waals surface area contributed by atoms with Gasteiger partial charge in [-0.05, 0) is 37.1 Å². The van der Waals surface area contributed by atoms with Gasteiger partial charge in [0.2, 0.25) is 0 Å². The molecule has 0 saturated carbocycles. The fourth-order valence-electron chi connectivity index (χ4n) is 1.82. The molecular weight excluding hydrogens is 259 g/mol.